The average Bonchev–Trinajstić information content (AvgIpc) is 2.88. The summed E-state index contributed by atoms with van der Waals surface area (Å²) in [4.78, 5) is 21.0. The standard InChI is InChI=1S/C18H27N5O/c1-4-22-9-11-23(12-10-22)8-7-18-20-16-13-15(19-14(2)24)5-6-17(16)21(18)3/h5-6,13H,4,7-12H2,1-3H3,(H,19,24). The summed E-state index contributed by atoms with van der Waals surface area (Å²) in [5, 5.41) is 2.82. The molecule has 1 saturated heterocycles. The van der Waals surface area contributed by atoms with Gasteiger partial charge in [0.2, 0.25) is 5.91 Å². The van der Waals surface area contributed by atoms with Gasteiger partial charge in [0.25, 0.3) is 0 Å². The van der Waals surface area contributed by atoms with Gasteiger partial charge in [0, 0.05) is 58.8 Å². The van der Waals surface area contributed by atoms with Crippen LogP contribution < -0.4 is 5.32 Å². The normalized spacial score (nSPS) is 16.6. The van der Waals surface area contributed by atoms with E-state index in [1.807, 2.05) is 18.2 Å². The number of hydrogen-bond acceptors (Lipinski definition) is 4. The highest BCUT2D eigenvalue weighted by molar-refractivity contribution is 5.91. The van der Waals surface area contributed by atoms with Crippen molar-refractivity contribution in [3.05, 3.63) is 24.0 Å². The molecule has 1 aliphatic rings. The van der Waals surface area contributed by atoms with Crippen LogP contribution in [-0.4, -0.2) is 64.5 Å². The van der Waals surface area contributed by atoms with Gasteiger partial charge >= 0.3 is 0 Å². The van der Waals surface area contributed by atoms with Crippen LogP contribution in [0.2, 0.25) is 0 Å². The fraction of sp³-hybridized carbons (Fsp3) is 0.556. The van der Waals surface area contributed by atoms with Gasteiger partial charge in [-0.1, -0.05) is 6.92 Å². The number of aryl methyl sites for hydroxylation is 1. The van der Waals surface area contributed by atoms with Crippen molar-refractivity contribution in [3.8, 4) is 0 Å². The topological polar surface area (TPSA) is 53.4 Å². The van der Waals surface area contributed by atoms with E-state index in [2.05, 4.69) is 33.7 Å². The molecule has 2 heterocycles. The molecule has 1 fully saturated rings. The molecule has 24 heavy (non-hydrogen) atoms. The van der Waals surface area contributed by atoms with E-state index < -0.39 is 0 Å². The summed E-state index contributed by atoms with van der Waals surface area (Å²) in [6.07, 6.45) is 0.951. The van der Waals surface area contributed by atoms with Crippen LogP contribution in [-0.2, 0) is 18.3 Å². The van der Waals surface area contributed by atoms with Crippen LogP contribution in [0.3, 0.4) is 0 Å². The predicted molar refractivity (Wildman–Crippen MR) is 97.3 cm³/mol. The number of carbonyl (C=O) groups is 1. The molecular weight excluding hydrogens is 302 g/mol. The second kappa shape index (κ2) is 7.32. The largest absolute Gasteiger partial charge is 0.331 e. The molecule has 0 bridgehead atoms. The number of carbonyl (C=O) groups excluding carboxylic acids is 1. The molecule has 0 atom stereocenters. The van der Waals surface area contributed by atoms with Gasteiger partial charge < -0.3 is 19.7 Å². The Morgan fingerprint density at radius 3 is 2.58 bits per heavy atom. The molecular formula is C18H27N5O. The lowest BCUT2D eigenvalue weighted by molar-refractivity contribution is -0.114. The number of aromatic nitrogens is 2. The van der Waals surface area contributed by atoms with Crippen molar-refractivity contribution in [1.82, 2.24) is 19.4 Å². The van der Waals surface area contributed by atoms with Crippen LogP contribution in [0.1, 0.15) is 19.7 Å². The monoisotopic (exact) mass is 329 g/mol. The fourth-order valence-electron chi connectivity index (χ4n) is 3.34. The second-order valence-electron chi connectivity index (χ2n) is 6.50. The number of benzene rings is 1. The summed E-state index contributed by atoms with van der Waals surface area (Å²) in [6.45, 7) is 10.6. The van der Waals surface area contributed by atoms with Crippen molar-refractivity contribution in [3.63, 3.8) is 0 Å². The van der Waals surface area contributed by atoms with E-state index in [0.29, 0.717) is 0 Å². The van der Waals surface area contributed by atoms with Crippen molar-refractivity contribution < 1.29 is 4.79 Å². The molecule has 0 unspecified atom stereocenters. The van der Waals surface area contributed by atoms with Crippen molar-refractivity contribution in [2.45, 2.75) is 20.3 Å². The number of imidazole rings is 1. The highest BCUT2D eigenvalue weighted by Crippen LogP contribution is 2.20. The van der Waals surface area contributed by atoms with Gasteiger partial charge in [-0.3, -0.25) is 4.79 Å². The third-order valence-corrected chi connectivity index (χ3v) is 4.86. The maximum atomic E-state index is 11.2. The molecule has 1 aromatic heterocycles. The van der Waals surface area contributed by atoms with Gasteiger partial charge in [-0.2, -0.15) is 0 Å². The van der Waals surface area contributed by atoms with Crippen LogP contribution in [0.15, 0.2) is 18.2 Å². The lowest BCUT2D eigenvalue weighted by atomic mass is 10.2. The van der Waals surface area contributed by atoms with Gasteiger partial charge in [0.15, 0.2) is 0 Å². The molecule has 1 N–H and O–H groups in total. The first kappa shape index (κ1) is 16.9. The Morgan fingerprint density at radius 2 is 1.92 bits per heavy atom. The predicted octanol–water partition coefficient (Wildman–Crippen LogP) is 1.71. The minimum absolute atomic E-state index is 0.0586. The number of rotatable bonds is 5. The molecule has 2 aromatic rings. The molecule has 1 aliphatic heterocycles. The number of nitrogens with zero attached hydrogens (tertiary/aromatic N) is 4. The van der Waals surface area contributed by atoms with Crippen LogP contribution in [0, 0.1) is 0 Å². The number of likely N-dealkylation sites (N-methyl/N-ethyl adjacent to an activating group) is 1. The fourth-order valence-corrected chi connectivity index (χ4v) is 3.34. The van der Waals surface area contributed by atoms with E-state index in [0.717, 1.165) is 55.1 Å². The Balaban J connectivity index is 1.66. The van der Waals surface area contributed by atoms with Crippen molar-refractivity contribution in [2.75, 3.05) is 44.6 Å². The molecule has 3 rings (SSSR count). The van der Waals surface area contributed by atoms with E-state index in [1.54, 1.807) is 0 Å². The summed E-state index contributed by atoms with van der Waals surface area (Å²) in [5.74, 6) is 1.04. The van der Waals surface area contributed by atoms with Gasteiger partial charge in [-0.15, -0.1) is 0 Å². The SMILES string of the molecule is CCN1CCN(CCc2nc3cc(NC(C)=O)ccc3n2C)CC1. The molecule has 130 valence electrons. The van der Waals surface area contributed by atoms with Gasteiger partial charge in [0.1, 0.15) is 5.82 Å². The molecule has 0 spiro atoms. The summed E-state index contributed by atoms with van der Waals surface area (Å²) >= 11 is 0. The van der Waals surface area contributed by atoms with Gasteiger partial charge in [-0.05, 0) is 24.7 Å². The van der Waals surface area contributed by atoms with E-state index in [9.17, 15) is 4.79 Å². The first-order valence-corrected chi connectivity index (χ1v) is 8.74. The maximum Gasteiger partial charge on any atom is 0.221 e. The summed E-state index contributed by atoms with van der Waals surface area (Å²) in [6, 6.07) is 5.90. The number of anilines is 1. The highest BCUT2D eigenvalue weighted by atomic mass is 16.1. The van der Waals surface area contributed by atoms with Gasteiger partial charge in [0.05, 0.1) is 11.0 Å². The third-order valence-electron chi connectivity index (χ3n) is 4.86. The highest BCUT2D eigenvalue weighted by Gasteiger charge is 2.16. The van der Waals surface area contributed by atoms with Gasteiger partial charge in [-0.25, -0.2) is 4.98 Å². The van der Waals surface area contributed by atoms with Crippen LogP contribution in [0.5, 0.6) is 0 Å². The zero-order valence-electron chi connectivity index (χ0n) is 14.9. The molecule has 6 heteroatoms. The number of hydrogen-bond donors (Lipinski definition) is 1. The Morgan fingerprint density at radius 1 is 1.21 bits per heavy atom. The third kappa shape index (κ3) is 3.76. The van der Waals surface area contributed by atoms with E-state index >= 15 is 0 Å². The van der Waals surface area contributed by atoms with Crippen LogP contribution in [0.4, 0.5) is 5.69 Å². The maximum absolute atomic E-state index is 11.2. The summed E-state index contributed by atoms with van der Waals surface area (Å²) < 4.78 is 2.16. The summed E-state index contributed by atoms with van der Waals surface area (Å²) in [7, 11) is 2.07. The van der Waals surface area contributed by atoms with E-state index in [4.69, 9.17) is 4.98 Å². The first-order chi connectivity index (χ1) is 11.6. The minimum atomic E-state index is -0.0586. The zero-order valence-corrected chi connectivity index (χ0v) is 14.9. The Hall–Kier alpha value is -1.92. The molecule has 1 aromatic carbocycles. The Bertz CT molecular complexity index is 716. The smallest absolute Gasteiger partial charge is 0.221 e. The van der Waals surface area contributed by atoms with Crippen LogP contribution >= 0.6 is 0 Å². The zero-order chi connectivity index (χ0) is 17.1. The molecule has 0 radical (unpaired) electrons. The Kier molecular flexibility index (Phi) is 5.16. The number of amides is 1. The minimum Gasteiger partial charge on any atom is -0.331 e. The van der Waals surface area contributed by atoms with Crippen LogP contribution in [0.25, 0.3) is 11.0 Å². The Labute approximate surface area is 143 Å². The van der Waals surface area contributed by atoms with E-state index in [1.165, 1.54) is 20.0 Å². The van der Waals surface area contributed by atoms with Crippen molar-refractivity contribution in [1.29, 1.82) is 0 Å². The lowest BCUT2D eigenvalue weighted by Crippen LogP contribution is -2.46. The lowest BCUT2D eigenvalue weighted by Gasteiger charge is -2.33. The molecule has 6 nitrogen and oxygen atoms in total. The second-order valence-corrected chi connectivity index (χ2v) is 6.50. The quantitative estimate of drug-likeness (QED) is 0.907. The number of piperazine rings is 1. The number of fused-ring (bicyclic) bond motifs is 1. The first-order valence-electron chi connectivity index (χ1n) is 8.74. The summed E-state index contributed by atoms with van der Waals surface area (Å²) in [5.41, 5.74) is 2.85. The molecule has 0 aliphatic carbocycles. The van der Waals surface area contributed by atoms with E-state index in [-0.39, 0.29) is 5.91 Å². The van der Waals surface area contributed by atoms with Crippen molar-refractivity contribution in [2.24, 2.45) is 7.05 Å². The van der Waals surface area contributed by atoms with Crippen molar-refractivity contribution >= 4 is 22.6 Å². The average molecular weight is 329 g/mol. The molecule has 1 amide bonds. The number of nitrogens with one attached hydrogen (secondary N) is 1. The molecule has 0 saturated carbocycles.